The minimum atomic E-state index is -0.531. The van der Waals surface area contributed by atoms with Gasteiger partial charge in [0.15, 0.2) is 5.78 Å². The number of benzene rings is 1. The minimum Gasteiger partial charge on any atom is -0.507 e. The SMILES string of the molecule is CCN(CCOC)CC(=O)c1cc(F)ccc1O. The summed E-state index contributed by atoms with van der Waals surface area (Å²) in [6.45, 7) is 3.89. The Kier molecular flexibility index (Phi) is 5.74. The van der Waals surface area contributed by atoms with Crippen molar-refractivity contribution in [1.29, 1.82) is 0 Å². The normalized spacial score (nSPS) is 10.9. The molecule has 1 aromatic carbocycles. The molecule has 0 atom stereocenters. The molecule has 5 heteroatoms. The van der Waals surface area contributed by atoms with Gasteiger partial charge in [0.25, 0.3) is 0 Å². The van der Waals surface area contributed by atoms with Crippen LogP contribution in [0.1, 0.15) is 17.3 Å². The number of ketones is 1. The Morgan fingerprint density at radius 2 is 2.22 bits per heavy atom. The molecule has 0 bridgehead atoms. The molecule has 0 unspecified atom stereocenters. The molecule has 1 N–H and O–H groups in total. The molecular weight excluding hydrogens is 237 g/mol. The predicted molar refractivity (Wildman–Crippen MR) is 66.4 cm³/mol. The Morgan fingerprint density at radius 3 is 2.83 bits per heavy atom. The highest BCUT2D eigenvalue weighted by atomic mass is 19.1. The fraction of sp³-hybridized carbons (Fsp3) is 0.462. The number of ether oxygens (including phenoxy) is 1. The van der Waals surface area contributed by atoms with Gasteiger partial charge >= 0.3 is 0 Å². The average Bonchev–Trinajstić information content (AvgIpc) is 2.37. The Bertz CT molecular complexity index is 409. The maximum atomic E-state index is 13.0. The standard InChI is InChI=1S/C13H18FNO3/c1-3-15(6-7-18-2)9-13(17)11-8-10(14)4-5-12(11)16/h4-5,8,16H,3,6-7,9H2,1-2H3. The smallest absolute Gasteiger partial charge is 0.180 e. The van der Waals surface area contributed by atoms with E-state index < -0.39 is 5.82 Å². The third-order valence-electron chi connectivity index (χ3n) is 2.69. The summed E-state index contributed by atoms with van der Waals surface area (Å²) in [6, 6.07) is 3.37. The molecule has 0 aromatic heterocycles. The predicted octanol–water partition coefficient (Wildman–Crippen LogP) is 1.68. The number of carbonyl (C=O) groups is 1. The summed E-state index contributed by atoms with van der Waals surface area (Å²) in [5.41, 5.74) is 0.0193. The van der Waals surface area contributed by atoms with Crippen LogP contribution in [0.4, 0.5) is 4.39 Å². The summed E-state index contributed by atoms with van der Waals surface area (Å²) in [7, 11) is 1.59. The first-order valence-corrected chi connectivity index (χ1v) is 5.81. The molecular formula is C13H18FNO3. The van der Waals surface area contributed by atoms with E-state index in [4.69, 9.17) is 4.74 Å². The summed E-state index contributed by atoms with van der Waals surface area (Å²) in [5, 5.41) is 9.54. The number of hydrogen-bond acceptors (Lipinski definition) is 4. The monoisotopic (exact) mass is 255 g/mol. The first-order valence-electron chi connectivity index (χ1n) is 5.81. The van der Waals surface area contributed by atoms with Gasteiger partial charge in [0, 0.05) is 13.7 Å². The highest BCUT2D eigenvalue weighted by Crippen LogP contribution is 2.18. The lowest BCUT2D eigenvalue weighted by atomic mass is 10.1. The molecule has 0 aliphatic carbocycles. The van der Waals surface area contributed by atoms with Crippen molar-refractivity contribution in [2.75, 3.05) is 33.4 Å². The number of aromatic hydroxyl groups is 1. The molecule has 4 nitrogen and oxygen atoms in total. The van der Waals surface area contributed by atoms with E-state index in [-0.39, 0.29) is 23.6 Å². The molecule has 0 spiro atoms. The van der Waals surface area contributed by atoms with E-state index in [9.17, 15) is 14.3 Å². The van der Waals surface area contributed by atoms with E-state index in [0.717, 1.165) is 12.1 Å². The lowest BCUT2D eigenvalue weighted by molar-refractivity contribution is 0.0899. The van der Waals surface area contributed by atoms with Crippen LogP contribution in [0, 0.1) is 5.82 Å². The van der Waals surface area contributed by atoms with Gasteiger partial charge in [-0.1, -0.05) is 6.92 Å². The van der Waals surface area contributed by atoms with Crippen LogP contribution in [0.25, 0.3) is 0 Å². The van der Waals surface area contributed by atoms with Gasteiger partial charge in [0.1, 0.15) is 11.6 Å². The fourth-order valence-corrected chi connectivity index (χ4v) is 1.59. The van der Waals surface area contributed by atoms with Crippen LogP contribution in [0.5, 0.6) is 5.75 Å². The molecule has 0 radical (unpaired) electrons. The number of phenolic OH excluding ortho intramolecular Hbond substituents is 1. The molecule has 18 heavy (non-hydrogen) atoms. The second-order valence-electron chi connectivity index (χ2n) is 3.95. The van der Waals surface area contributed by atoms with Gasteiger partial charge in [-0.05, 0) is 24.7 Å². The van der Waals surface area contributed by atoms with Crippen molar-refractivity contribution in [3.63, 3.8) is 0 Å². The number of carbonyl (C=O) groups excluding carboxylic acids is 1. The van der Waals surface area contributed by atoms with Crippen LogP contribution < -0.4 is 0 Å². The summed E-state index contributed by atoms with van der Waals surface area (Å²) in [5.74, 6) is -1.02. The molecule has 0 aliphatic heterocycles. The van der Waals surface area contributed by atoms with Gasteiger partial charge in [-0.25, -0.2) is 4.39 Å². The number of rotatable bonds is 7. The first kappa shape index (κ1) is 14.6. The zero-order chi connectivity index (χ0) is 13.5. The fourth-order valence-electron chi connectivity index (χ4n) is 1.59. The van der Waals surface area contributed by atoms with E-state index in [1.54, 1.807) is 7.11 Å². The van der Waals surface area contributed by atoms with Crippen molar-refractivity contribution in [3.8, 4) is 5.75 Å². The number of phenols is 1. The lowest BCUT2D eigenvalue weighted by Crippen LogP contribution is -2.32. The van der Waals surface area contributed by atoms with Gasteiger partial charge in [0.05, 0.1) is 18.7 Å². The molecule has 1 aromatic rings. The van der Waals surface area contributed by atoms with Crippen molar-refractivity contribution in [3.05, 3.63) is 29.6 Å². The molecule has 100 valence electrons. The molecule has 0 amide bonds. The highest BCUT2D eigenvalue weighted by Gasteiger charge is 2.15. The minimum absolute atomic E-state index is 0.0193. The quantitative estimate of drug-likeness (QED) is 0.753. The largest absolute Gasteiger partial charge is 0.507 e. The van der Waals surface area contributed by atoms with Gasteiger partial charge in [-0.2, -0.15) is 0 Å². The molecule has 0 saturated heterocycles. The zero-order valence-corrected chi connectivity index (χ0v) is 10.6. The molecule has 1 rings (SSSR count). The van der Waals surface area contributed by atoms with Crippen LogP contribution in [-0.2, 0) is 4.74 Å². The number of Topliss-reactive ketones (excluding diaryl/α,β-unsaturated/α-hetero) is 1. The summed E-state index contributed by atoms with van der Waals surface area (Å²) >= 11 is 0. The third kappa shape index (κ3) is 4.09. The number of halogens is 1. The van der Waals surface area contributed by atoms with Crippen molar-refractivity contribution in [2.24, 2.45) is 0 Å². The Balaban J connectivity index is 2.71. The second kappa shape index (κ2) is 7.08. The number of methoxy groups -OCH3 is 1. The topological polar surface area (TPSA) is 49.8 Å². The zero-order valence-electron chi connectivity index (χ0n) is 10.6. The van der Waals surface area contributed by atoms with Crippen molar-refractivity contribution in [1.82, 2.24) is 4.90 Å². The van der Waals surface area contributed by atoms with Crippen LogP contribution >= 0.6 is 0 Å². The molecule has 0 aliphatic rings. The molecule has 0 heterocycles. The summed E-state index contributed by atoms with van der Waals surface area (Å²) in [4.78, 5) is 13.8. The van der Waals surface area contributed by atoms with Crippen molar-refractivity contribution >= 4 is 5.78 Å². The average molecular weight is 255 g/mol. The number of nitrogens with zero attached hydrogens (tertiary/aromatic N) is 1. The van der Waals surface area contributed by atoms with E-state index in [0.29, 0.717) is 19.7 Å². The number of likely N-dealkylation sites (N-methyl/N-ethyl adjacent to an activating group) is 1. The first-order chi connectivity index (χ1) is 8.58. The highest BCUT2D eigenvalue weighted by molar-refractivity contribution is 5.99. The molecule has 0 saturated carbocycles. The number of hydrogen-bond donors (Lipinski definition) is 1. The maximum Gasteiger partial charge on any atom is 0.180 e. The van der Waals surface area contributed by atoms with Crippen molar-refractivity contribution in [2.45, 2.75) is 6.92 Å². The van der Waals surface area contributed by atoms with E-state index in [2.05, 4.69) is 0 Å². The van der Waals surface area contributed by atoms with Crippen molar-refractivity contribution < 1.29 is 19.0 Å². The van der Waals surface area contributed by atoms with Crippen LogP contribution in [-0.4, -0.2) is 49.1 Å². The van der Waals surface area contributed by atoms with Crippen LogP contribution in [0.15, 0.2) is 18.2 Å². The van der Waals surface area contributed by atoms with Crippen LogP contribution in [0.2, 0.25) is 0 Å². The van der Waals surface area contributed by atoms with E-state index in [1.807, 2.05) is 11.8 Å². The lowest BCUT2D eigenvalue weighted by Gasteiger charge is -2.19. The van der Waals surface area contributed by atoms with Gasteiger partial charge in [-0.3, -0.25) is 9.69 Å². The Hall–Kier alpha value is -1.46. The van der Waals surface area contributed by atoms with E-state index >= 15 is 0 Å². The second-order valence-corrected chi connectivity index (χ2v) is 3.95. The molecule has 0 fully saturated rings. The summed E-state index contributed by atoms with van der Waals surface area (Å²) < 4.78 is 18.0. The maximum absolute atomic E-state index is 13.0. The van der Waals surface area contributed by atoms with Gasteiger partial charge in [0.2, 0.25) is 0 Å². The summed E-state index contributed by atoms with van der Waals surface area (Å²) in [6.07, 6.45) is 0. The van der Waals surface area contributed by atoms with E-state index in [1.165, 1.54) is 6.07 Å². The Labute approximate surface area is 106 Å². The van der Waals surface area contributed by atoms with Gasteiger partial charge in [-0.15, -0.1) is 0 Å². The Morgan fingerprint density at radius 1 is 1.50 bits per heavy atom. The van der Waals surface area contributed by atoms with Gasteiger partial charge < -0.3 is 9.84 Å². The van der Waals surface area contributed by atoms with Crippen LogP contribution in [0.3, 0.4) is 0 Å². The third-order valence-corrected chi connectivity index (χ3v) is 2.69.